The van der Waals surface area contributed by atoms with Crippen LogP contribution in [-0.4, -0.2) is 38.6 Å². The van der Waals surface area contributed by atoms with Gasteiger partial charge in [-0.2, -0.15) is 12.6 Å². The minimum atomic E-state index is -4.04. The minimum absolute atomic E-state index is 0.0237. The molecule has 3 aromatic rings. The molecule has 0 aromatic heterocycles. The molecule has 202 valence electrons. The van der Waals surface area contributed by atoms with E-state index in [-0.39, 0.29) is 16.1 Å². The Balaban J connectivity index is 1.49. The third kappa shape index (κ3) is 9.03. The van der Waals surface area contributed by atoms with Gasteiger partial charge in [-0.15, -0.1) is 0 Å². The van der Waals surface area contributed by atoms with Gasteiger partial charge in [-0.25, -0.2) is 13.1 Å². The van der Waals surface area contributed by atoms with Crippen molar-refractivity contribution < 1.29 is 18.0 Å². The van der Waals surface area contributed by atoms with Gasteiger partial charge in [0.25, 0.3) is 10.0 Å². The first-order valence-electron chi connectivity index (χ1n) is 11.9. The SMILES string of the molecule is CC(=O)NS(=O)(=O)c1ccccc1-c1ccc(CNCCC(=O)NC[C@H](S)Cc2cccc(Cl)c2)cc1Cl. The topological polar surface area (TPSA) is 104 Å². The molecule has 0 saturated heterocycles. The molecule has 3 aromatic carbocycles. The second-order valence-electron chi connectivity index (χ2n) is 8.69. The van der Waals surface area contributed by atoms with E-state index in [1.165, 1.54) is 6.07 Å². The summed E-state index contributed by atoms with van der Waals surface area (Å²) in [5, 5.41) is 7.13. The maximum Gasteiger partial charge on any atom is 0.264 e. The highest BCUT2D eigenvalue weighted by molar-refractivity contribution is 7.90. The van der Waals surface area contributed by atoms with Crippen LogP contribution in [0.3, 0.4) is 0 Å². The predicted molar refractivity (Wildman–Crippen MR) is 155 cm³/mol. The Bertz CT molecular complexity index is 1400. The lowest BCUT2D eigenvalue weighted by Crippen LogP contribution is -2.32. The molecule has 7 nitrogen and oxygen atoms in total. The molecular weight excluding hydrogens is 565 g/mol. The van der Waals surface area contributed by atoms with Gasteiger partial charge >= 0.3 is 0 Å². The first-order chi connectivity index (χ1) is 18.0. The van der Waals surface area contributed by atoms with Crippen molar-refractivity contribution in [3.05, 3.63) is 87.9 Å². The van der Waals surface area contributed by atoms with Crippen molar-refractivity contribution >= 4 is 57.7 Å². The fourth-order valence-corrected chi connectivity index (χ4v) is 5.85. The zero-order valence-electron chi connectivity index (χ0n) is 20.7. The molecule has 3 N–H and O–H groups in total. The molecular formula is C27H29Cl2N3O4S2. The van der Waals surface area contributed by atoms with Gasteiger partial charge in [0, 0.05) is 59.4 Å². The highest BCUT2D eigenvalue weighted by Crippen LogP contribution is 2.33. The quantitative estimate of drug-likeness (QED) is 0.181. The van der Waals surface area contributed by atoms with Crippen molar-refractivity contribution in [3.8, 4) is 11.1 Å². The first kappa shape index (κ1) is 30.0. The van der Waals surface area contributed by atoms with Crippen LogP contribution in [-0.2, 0) is 32.6 Å². The van der Waals surface area contributed by atoms with Crippen LogP contribution in [0.5, 0.6) is 0 Å². The lowest BCUT2D eigenvalue weighted by atomic mass is 10.0. The monoisotopic (exact) mass is 593 g/mol. The van der Waals surface area contributed by atoms with Gasteiger partial charge < -0.3 is 10.6 Å². The molecule has 3 rings (SSSR count). The second-order valence-corrected chi connectivity index (χ2v) is 11.9. The normalized spacial score (nSPS) is 12.1. The van der Waals surface area contributed by atoms with Gasteiger partial charge in [0.1, 0.15) is 0 Å². The van der Waals surface area contributed by atoms with Crippen LogP contribution in [0.25, 0.3) is 11.1 Å². The van der Waals surface area contributed by atoms with Crippen molar-refractivity contribution in [2.45, 2.75) is 36.5 Å². The lowest BCUT2D eigenvalue weighted by Gasteiger charge is -2.14. The van der Waals surface area contributed by atoms with Crippen molar-refractivity contribution in [2.75, 3.05) is 13.1 Å². The van der Waals surface area contributed by atoms with E-state index in [1.54, 1.807) is 30.3 Å². The molecule has 0 radical (unpaired) electrons. The summed E-state index contributed by atoms with van der Waals surface area (Å²) in [4.78, 5) is 23.5. The summed E-state index contributed by atoms with van der Waals surface area (Å²) in [6.45, 7) is 2.53. The van der Waals surface area contributed by atoms with Crippen LogP contribution in [0.15, 0.2) is 71.6 Å². The van der Waals surface area contributed by atoms with E-state index < -0.39 is 15.9 Å². The summed E-state index contributed by atoms with van der Waals surface area (Å²) >= 11 is 17.1. The van der Waals surface area contributed by atoms with Gasteiger partial charge in [0.15, 0.2) is 0 Å². The third-order valence-corrected chi connectivity index (χ3v) is 7.94. The Morgan fingerprint density at radius 3 is 2.42 bits per heavy atom. The standard InChI is InChI=1S/C27H29Cl2N3O4S2/c1-18(33)32-38(35,36)26-8-3-2-7-24(26)23-10-9-20(15-25(23)29)16-30-12-11-27(34)31-17-22(37)14-19-5-4-6-21(28)13-19/h2-10,13,15,22,30,37H,11-12,14,16-17H2,1H3,(H,31,34)(H,32,33)/t22-/m1/s1. The number of hydrogen-bond donors (Lipinski definition) is 4. The highest BCUT2D eigenvalue weighted by Gasteiger charge is 2.21. The van der Waals surface area contributed by atoms with Gasteiger partial charge in [-0.1, -0.05) is 65.7 Å². The second kappa shape index (κ2) is 14.0. The molecule has 0 aliphatic carbocycles. The number of carbonyl (C=O) groups excluding carboxylic acids is 2. The Hall–Kier alpha value is -2.56. The number of halogens is 2. The van der Waals surface area contributed by atoms with E-state index >= 15 is 0 Å². The zero-order valence-corrected chi connectivity index (χ0v) is 23.9. The molecule has 38 heavy (non-hydrogen) atoms. The van der Waals surface area contributed by atoms with E-state index in [2.05, 4.69) is 23.3 Å². The van der Waals surface area contributed by atoms with E-state index in [9.17, 15) is 18.0 Å². The number of nitrogens with one attached hydrogen (secondary N) is 3. The number of rotatable bonds is 12. The summed E-state index contributed by atoms with van der Waals surface area (Å²) in [5.74, 6) is -0.753. The minimum Gasteiger partial charge on any atom is -0.355 e. The molecule has 0 spiro atoms. The molecule has 0 heterocycles. The van der Waals surface area contributed by atoms with Crippen LogP contribution in [0.2, 0.25) is 10.0 Å². The summed E-state index contributed by atoms with van der Waals surface area (Å²) in [6, 6.07) is 19.2. The number of carbonyl (C=O) groups is 2. The fourth-order valence-electron chi connectivity index (χ4n) is 3.82. The van der Waals surface area contributed by atoms with Crippen molar-refractivity contribution in [1.29, 1.82) is 0 Å². The largest absolute Gasteiger partial charge is 0.355 e. The van der Waals surface area contributed by atoms with Crippen LogP contribution >= 0.6 is 35.8 Å². The summed E-state index contributed by atoms with van der Waals surface area (Å²) in [5.41, 5.74) is 2.85. The maximum atomic E-state index is 12.6. The number of hydrogen-bond acceptors (Lipinski definition) is 6. The molecule has 0 unspecified atom stereocenters. The van der Waals surface area contributed by atoms with E-state index in [0.717, 1.165) is 18.1 Å². The molecule has 11 heteroatoms. The predicted octanol–water partition coefficient (Wildman–Crippen LogP) is 4.62. The Labute approximate surface area is 238 Å². The van der Waals surface area contributed by atoms with Crippen molar-refractivity contribution in [2.24, 2.45) is 0 Å². The summed E-state index contributed by atoms with van der Waals surface area (Å²) < 4.78 is 27.2. The van der Waals surface area contributed by atoms with Crippen LogP contribution < -0.4 is 15.4 Å². The molecule has 0 saturated carbocycles. The average molecular weight is 595 g/mol. The number of benzene rings is 3. The summed E-state index contributed by atoms with van der Waals surface area (Å²) in [7, 11) is -4.04. The average Bonchev–Trinajstić information content (AvgIpc) is 2.85. The Kier molecular flexibility index (Phi) is 11.1. The van der Waals surface area contributed by atoms with Gasteiger partial charge in [-0.05, 0) is 41.8 Å². The zero-order chi connectivity index (χ0) is 27.7. The number of thiol groups is 1. The molecule has 1 atom stereocenters. The Morgan fingerprint density at radius 2 is 1.71 bits per heavy atom. The van der Waals surface area contributed by atoms with E-state index in [4.69, 9.17) is 23.2 Å². The highest BCUT2D eigenvalue weighted by atomic mass is 35.5. The van der Waals surface area contributed by atoms with Gasteiger partial charge in [0.2, 0.25) is 11.8 Å². The van der Waals surface area contributed by atoms with E-state index in [1.807, 2.05) is 35.1 Å². The van der Waals surface area contributed by atoms with Gasteiger partial charge in [-0.3, -0.25) is 9.59 Å². The van der Waals surface area contributed by atoms with Gasteiger partial charge in [0.05, 0.1) is 4.90 Å². The van der Waals surface area contributed by atoms with E-state index in [0.29, 0.717) is 53.6 Å². The molecule has 0 bridgehead atoms. The molecule has 2 amide bonds. The molecule has 0 aliphatic rings. The maximum absolute atomic E-state index is 12.6. The smallest absolute Gasteiger partial charge is 0.264 e. The van der Waals surface area contributed by atoms with Crippen LogP contribution in [0.4, 0.5) is 0 Å². The molecule has 0 fully saturated rings. The lowest BCUT2D eigenvalue weighted by molar-refractivity contribution is -0.121. The first-order valence-corrected chi connectivity index (χ1v) is 14.6. The van der Waals surface area contributed by atoms with Crippen molar-refractivity contribution in [3.63, 3.8) is 0 Å². The summed E-state index contributed by atoms with van der Waals surface area (Å²) in [6.07, 6.45) is 1.00. The fraction of sp³-hybridized carbons (Fsp3) is 0.259. The number of sulfonamides is 1. The Morgan fingerprint density at radius 1 is 0.947 bits per heavy atom. The van der Waals surface area contributed by atoms with Crippen LogP contribution in [0, 0.1) is 0 Å². The van der Waals surface area contributed by atoms with Crippen molar-refractivity contribution in [1.82, 2.24) is 15.4 Å². The molecule has 0 aliphatic heterocycles. The van der Waals surface area contributed by atoms with Crippen LogP contribution in [0.1, 0.15) is 24.5 Å². The number of amides is 2. The third-order valence-electron chi connectivity index (χ3n) is 5.53.